The van der Waals surface area contributed by atoms with E-state index in [0.29, 0.717) is 17.9 Å². The zero-order valence-electron chi connectivity index (χ0n) is 35.4. The first-order valence-corrected chi connectivity index (χ1v) is 21.5. The number of carbonyl (C=O) groups excluding carboxylic acids is 1. The molecule has 1 aliphatic rings. The first-order valence-electron chi connectivity index (χ1n) is 21.5. The molecule has 1 fully saturated rings. The highest BCUT2D eigenvalue weighted by Gasteiger charge is 2.50. The maximum atomic E-state index is 13.2. The third-order valence-electron chi connectivity index (χ3n) is 11.2. The first-order chi connectivity index (χ1) is 31.5. The predicted octanol–water partition coefficient (Wildman–Crippen LogP) is 9.50. The fraction of sp³-hybridized carbons (Fsp3) is 0.245. The topological polar surface area (TPSA) is 138 Å². The summed E-state index contributed by atoms with van der Waals surface area (Å²) < 4.78 is 40.0. The lowest BCUT2D eigenvalue weighted by Crippen LogP contribution is -2.58. The number of rotatable bonds is 20. The van der Waals surface area contributed by atoms with Crippen LogP contribution in [0.15, 0.2) is 176 Å². The molecular weight excluding hydrogens is 809 g/mol. The largest absolute Gasteiger partial charge is 0.480 e. The standard InChI is InChI=1S/C53H52N2O9/c56-52(57)45(55-53(58)63-35-41-26-14-5-15-27-41)30-43-42-28-16-17-29-44(42)54-47(43)49-51(62-34-40-24-12-4-13-25-40)50(61-33-39-22-10-3-11-23-39)48(60-32-38-20-8-2-9-21-38)46(64-49)36-59-31-37-18-6-1-7-19-37/h1-29,45-46,48-51,54H,30-36H2,(H,55,58)(H,56,57)/t45-,46+,48-,49-,50-,51-/m0/s1. The monoisotopic (exact) mass is 860 g/mol. The second-order valence-corrected chi connectivity index (χ2v) is 15.7. The molecule has 6 aromatic carbocycles. The molecule has 0 bridgehead atoms. The van der Waals surface area contributed by atoms with Gasteiger partial charge < -0.3 is 43.8 Å². The van der Waals surface area contributed by atoms with Crippen LogP contribution in [-0.2, 0) is 72.7 Å². The molecule has 0 saturated carbocycles. The number of ether oxygens (including phenoxy) is 6. The first kappa shape index (κ1) is 44.0. The summed E-state index contributed by atoms with van der Waals surface area (Å²) in [5.41, 5.74) is 6.65. The van der Waals surface area contributed by atoms with E-state index in [1.165, 1.54) is 0 Å². The van der Waals surface area contributed by atoms with Crippen molar-refractivity contribution in [3.05, 3.63) is 215 Å². The maximum absolute atomic E-state index is 13.2. The number of fused-ring (bicyclic) bond motifs is 1. The van der Waals surface area contributed by atoms with E-state index in [1.807, 2.05) is 176 Å². The molecule has 1 amide bonds. The Morgan fingerprint density at radius 1 is 0.562 bits per heavy atom. The number of carboxylic acid groups (broad SMARTS) is 1. The maximum Gasteiger partial charge on any atom is 0.408 e. The molecule has 328 valence electrons. The van der Waals surface area contributed by atoms with Crippen LogP contribution in [0.1, 0.15) is 45.2 Å². The molecule has 0 radical (unpaired) electrons. The average molecular weight is 861 g/mol. The van der Waals surface area contributed by atoms with Gasteiger partial charge in [0, 0.05) is 17.3 Å². The van der Waals surface area contributed by atoms with Crippen molar-refractivity contribution >= 4 is 23.0 Å². The summed E-state index contributed by atoms with van der Waals surface area (Å²) >= 11 is 0. The van der Waals surface area contributed by atoms with E-state index in [2.05, 4.69) is 10.3 Å². The van der Waals surface area contributed by atoms with Crippen LogP contribution < -0.4 is 5.32 Å². The lowest BCUT2D eigenvalue weighted by atomic mass is 9.89. The van der Waals surface area contributed by atoms with Crippen molar-refractivity contribution in [1.82, 2.24) is 10.3 Å². The van der Waals surface area contributed by atoms with Crippen molar-refractivity contribution in [1.29, 1.82) is 0 Å². The Morgan fingerprint density at radius 3 is 1.55 bits per heavy atom. The average Bonchev–Trinajstić information content (AvgIpc) is 3.70. The van der Waals surface area contributed by atoms with E-state index in [9.17, 15) is 14.7 Å². The van der Waals surface area contributed by atoms with Crippen molar-refractivity contribution in [3.8, 4) is 0 Å². The van der Waals surface area contributed by atoms with Crippen LogP contribution in [0.25, 0.3) is 10.9 Å². The second-order valence-electron chi connectivity index (χ2n) is 15.7. The highest BCUT2D eigenvalue weighted by molar-refractivity contribution is 5.87. The molecule has 7 aromatic rings. The quantitative estimate of drug-likeness (QED) is 0.0685. The molecule has 0 spiro atoms. The van der Waals surface area contributed by atoms with Crippen LogP contribution in [0, 0.1) is 0 Å². The highest BCUT2D eigenvalue weighted by atomic mass is 16.6. The molecule has 0 aliphatic carbocycles. The van der Waals surface area contributed by atoms with Gasteiger partial charge in [0.15, 0.2) is 0 Å². The molecule has 11 nitrogen and oxygen atoms in total. The lowest BCUT2D eigenvalue weighted by Gasteiger charge is -2.46. The van der Waals surface area contributed by atoms with Crippen molar-refractivity contribution in [3.63, 3.8) is 0 Å². The smallest absolute Gasteiger partial charge is 0.408 e. The SMILES string of the molecule is O=C(N[C@@H](Cc1c([C@@H]2O[C@H](COCc3ccccc3)[C@H](OCc3ccccc3)[C@H](OCc3ccccc3)[C@H]2OCc2ccccc2)[nH]c2ccccc12)C(=O)O)OCc1ccccc1. The normalized spacial score (nSPS) is 18.9. The minimum absolute atomic E-state index is 0.0146. The highest BCUT2D eigenvalue weighted by Crippen LogP contribution is 2.41. The van der Waals surface area contributed by atoms with E-state index in [0.717, 1.165) is 38.7 Å². The number of benzene rings is 6. The van der Waals surface area contributed by atoms with Crippen molar-refractivity contribution < 1.29 is 43.1 Å². The summed E-state index contributed by atoms with van der Waals surface area (Å²) in [5, 5.41) is 14.0. The van der Waals surface area contributed by atoms with Gasteiger partial charge in [-0.1, -0.05) is 170 Å². The van der Waals surface area contributed by atoms with Crippen LogP contribution in [0.5, 0.6) is 0 Å². The van der Waals surface area contributed by atoms with E-state index >= 15 is 0 Å². The number of hydrogen-bond acceptors (Lipinski definition) is 8. The number of para-hydroxylation sites is 1. The fourth-order valence-electron chi connectivity index (χ4n) is 8.02. The van der Waals surface area contributed by atoms with Crippen molar-refractivity contribution in [2.24, 2.45) is 0 Å². The van der Waals surface area contributed by atoms with Gasteiger partial charge in [-0.2, -0.15) is 0 Å². The number of carboxylic acids is 1. The van der Waals surface area contributed by atoms with Crippen LogP contribution in [0.4, 0.5) is 4.79 Å². The molecule has 64 heavy (non-hydrogen) atoms. The molecule has 6 atom stereocenters. The van der Waals surface area contributed by atoms with Gasteiger partial charge in [-0.3, -0.25) is 0 Å². The molecule has 0 unspecified atom stereocenters. The third-order valence-corrected chi connectivity index (χ3v) is 11.2. The van der Waals surface area contributed by atoms with Gasteiger partial charge in [0.05, 0.1) is 38.7 Å². The number of aromatic amines is 1. The van der Waals surface area contributed by atoms with Crippen LogP contribution >= 0.6 is 0 Å². The molecular formula is C53H52N2O9. The van der Waals surface area contributed by atoms with Gasteiger partial charge in [-0.15, -0.1) is 0 Å². The van der Waals surface area contributed by atoms with E-state index < -0.39 is 48.6 Å². The zero-order chi connectivity index (χ0) is 43.9. The number of H-pyrrole nitrogens is 1. The number of aliphatic carboxylic acids is 1. The van der Waals surface area contributed by atoms with E-state index in [4.69, 9.17) is 28.4 Å². The Bertz CT molecular complexity index is 2510. The van der Waals surface area contributed by atoms with Crippen molar-refractivity contribution in [2.45, 2.75) is 76.0 Å². The Hall–Kier alpha value is -6.60. The number of hydrogen-bond donors (Lipinski definition) is 3. The summed E-state index contributed by atoms with van der Waals surface area (Å²) in [6, 6.07) is 55.2. The van der Waals surface area contributed by atoms with Crippen LogP contribution in [0.2, 0.25) is 0 Å². The minimum atomic E-state index is -1.36. The number of amides is 1. The summed E-state index contributed by atoms with van der Waals surface area (Å²) in [6.45, 7) is 1.21. The minimum Gasteiger partial charge on any atom is -0.480 e. The molecule has 1 aliphatic heterocycles. The molecule has 11 heteroatoms. The molecule has 3 N–H and O–H groups in total. The molecule has 2 heterocycles. The van der Waals surface area contributed by atoms with Gasteiger partial charge in [0.1, 0.15) is 43.2 Å². The second kappa shape index (κ2) is 22.2. The Labute approximate surface area is 372 Å². The molecule has 8 rings (SSSR count). The van der Waals surface area contributed by atoms with Gasteiger partial charge in [-0.05, 0) is 39.4 Å². The number of nitrogens with one attached hydrogen (secondary N) is 2. The van der Waals surface area contributed by atoms with Gasteiger partial charge in [0.25, 0.3) is 0 Å². The Balaban J connectivity index is 1.18. The summed E-state index contributed by atoms with van der Waals surface area (Å²) in [4.78, 5) is 29.7. The Morgan fingerprint density at radius 2 is 1.02 bits per heavy atom. The van der Waals surface area contributed by atoms with E-state index in [-0.39, 0.29) is 39.5 Å². The summed E-state index contributed by atoms with van der Waals surface area (Å²) in [6.07, 6.45) is -4.69. The number of alkyl carbamates (subject to hydrolysis) is 1. The van der Waals surface area contributed by atoms with E-state index in [1.54, 1.807) is 0 Å². The van der Waals surface area contributed by atoms with Gasteiger partial charge in [0.2, 0.25) is 0 Å². The third kappa shape index (κ3) is 11.7. The molecule has 1 aromatic heterocycles. The van der Waals surface area contributed by atoms with Gasteiger partial charge in [-0.25, -0.2) is 9.59 Å². The number of aromatic nitrogens is 1. The van der Waals surface area contributed by atoms with Crippen LogP contribution in [-0.4, -0.2) is 59.2 Å². The fourth-order valence-corrected chi connectivity index (χ4v) is 8.02. The molecule has 1 saturated heterocycles. The summed E-state index contributed by atoms with van der Waals surface area (Å²) in [5.74, 6) is -1.22. The zero-order valence-corrected chi connectivity index (χ0v) is 35.4. The Kier molecular flexibility index (Phi) is 15.2. The van der Waals surface area contributed by atoms with Gasteiger partial charge >= 0.3 is 12.1 Å². The van der Waals surface area contributed by atoms with Crippen molar-refractivity contribution in [2.75, 3.05) is 6.61 Å². The van der Waals surface area contributed by atoms with Crippen LogP contribution in [0.3, 0.4) is 0 Å². The lowest BCUT2D eigenvalue weighted by molar-refractivity contribution is -0.275. The number of carbonyl (C=O) groups is 2. The summed E-state index contributed by atoms with van der Waals surface area (Å²) in [7, 11) is 0. The predicted molar refractivity (Wildman–Crippen MR) is 242 cm³/mol.